The number of likely N-dealkylation sites (tertiary alicyclic amines) is 1. The first-order valence-electron chi connectivity index (χ1n) is 9.08. The number of carbonyl (C=O) groups excluding carboxylic acids is 1. The van der Waals surface area contributed by atoms with Crippen molar-refractivity contribution in [2.75, 3.05) is 13.1 Å². The Morgan fingerprint density at radius 2 is 2.19 bits per heavy atom. The molecule has 0 spiro atoms. The van der Waals surface area contributed by atoms with Crippen LogP contribution in [-0.2, 0) is 0 Å². The van der Waals surface area contributed by atoms with Crippen LogP contribution in [0.15, 0.2) is 41.3 Å². The van der Waals surface area contributed by atoms with Crippen LogP contribution in [0.3, 0.4) is 0 Å². The lowest BCUT2D eigenvalue weighted by Crippen LogP contribution is -2.39. The summed E-state index contributed by atoms with van der Waals surface area (Å²) in [6.45, 7) is 5.12. The molecule has 7 heteroatoms. The van der Waals surface area contributed by atoms with Crippen LogP contribution in [0.5, 0.6) is 0 Å². The predicted molar refractivity (Wildman–Crippen MR) is 99.1 cm³/mol. The van der Waals surface area contributed by atoms with Gasteiger partial charge in [0, 0.05) is 43.7 Å². The lowest BCUT2D eigenvalue weighted by Gasteiger charge is -2.33. The fraction of sp³-hybridized carbons (Fsp3) is 0.350. The summed E-state index contributed by atoms with van der Waals surface area (Å²) in [5, 5.41) is 3.98. The smallest absolute Gasteiger partial charge is 0.255 e. The lowest BCUT2D eigenvalue weighted by molar-refractivity contribution is 0.0705. The zero-order valence-electron chi connectivity index (χ0n) is 15.4. The van der Waals surface area contributed by atoms with Gasteiger partial charge in [-0.2, -0.15) is 0 Å². The first-order chi connectivity index (χ1) is 13.1. The molecule has 1 fully saturated rings. The van der Waals surface area contributed by atoms with Gasteiger partial charge in [0.15, 0.2) is 5.76 Å². The summed E-state index contributed by atoms with van der Waals surface area (Å²) in [6, 6.07) is 5.47. The number of aryl methyl sites for hydroxylation is 2. The monoisotopic (exact) mass is 363 g/mol. The highest BCUT2D eigenvalue weighted by Crippen LogP contribution is 2.33. The molecule has 1 atom stereocenters. The zero-order chi connectivity index (χ0) is 18.8. The molecule has 0 aromatic carbocycles. The van der Waals surface area contributed by atoms with E-state index in [1.165, 1.54) is 0 Å². The van der Waals surface area contributed by atoms with Gasteiger partial charge in [0.05, 0.1) is 22.5 Å². The van der Waals surface area contributed by atoms with Crippen LogP contribution in [-0.4, -0.2) is 44.0 Å². The van der Waals surface area contributed by atoms with Gasteiger partial charge in [-0.1, -0.05) is 5.16 Å². The molecule has 1 saturated heterocycles. The van der Waals surface area contributed by atoms with E-state index in [0.717, 1.165) is 36.3 Å². The molecule has 0 bridgehead atoms. The Morgan fingerprint density at radius 1 is 1.30 bits per heavy atom. The van der Waals surface area contributed by atoms with Crippen LogP contribution in [0.4, 0.5) is 0 Å². The van der Waals surface area contributed by atoms with Crippen molar-refractivity contribution >= 4 is 5.91 Å². The molecule has 0 aliphatic carbocycles. The maximum absolute atomic E-state index is 12.8. The van der Waals surface area contributed by atoms with Gasteiger partial charge in [-0.25, -0.2) is 9.97 Å². The number of nitrogens with zero attached hydrogens (tertiary/aromatic N) is 5. The number of amides is 1. The molecule has 1 amide bonds. The van der Waals surface area contributed by atoms with E-state index in [4.69, 9.17) is 9.51 Å². The second-order valence-corrected chi connectivity index (χ2v) is 6.88. The van der Waals surface area contributed by atoms with Crippen molar-refractivity contribution in [2.24, 2.45) is 0 Å². The molecule has 3 aromatic rings. The molecule has 7 nitrogen and oxygen atoms in total. The van der Waals surface area contributed by atoms with Gasteiger partial charge in [-0.3, -0.25) is 9.78 Å². The second-order valence-electron chi connectivity index (χ2n) is 6.88. The molecule has 0 saturated carbocycles. The minimum atomic E-state index is 0.00985. The fourth-order valence-corrected chi connectivity index (χ4v) is 3.54. The third-order valence-corrected chi connectivity index (χ3v) is 4.84. The number of pyridine rings is 1. The quantitative estimate of drug-likeness (QED) is 0.710. The number of rotatable bonds is 3. The normalized spacial score (nSPS) is 17.1. The summed E-state index contributed by atoms with van der Waals surface area (Å²) in [5.74, 6) is 1.51. The van der Waals surface area contributed by atoms with Gasteiger partial charge >= 0.3 is 0 Å². The SMILES string of the molecule is Cc1cc(-c2cnc(C)nc2[C@H]2CCCN(C(=O)c3cccnc3)C2)on1. The van der Waals surface area contributed by atoms with Crippen LogP contribution in [0.25, 0.3) is 11.3 Å². The van der Waals surface area contributed by atoms with Gasteiger partial charge < -0.3 is 9.42 Å². The number of carbonyl (C=O) groups is 1. The molecule has 4 rings (SSSR count). The molecule has 0 radical (unpaired) electrons. The first-order valence-corrected chi connectivity index (χ1v) is 9.08. The molecule has 0 unspecified atom stereocenters. The molecule has 4 heterocycles. The first kappa shape index (κ1) is 17.3. The highest BCUT2D eigenvalue weighted by atomic mass is 16.5. The van der Waals surface area contributed by atoms with Crippen molar-refractivity contribution < 1.29 is 9.32 Å². The van der Waals surface area contributed by atoms with Crippen LogP contribution < -0.4 is 0 Å². The molecule has 138 valence electrons. The van der Waals surface area contributed by atoms with E-state index in [1.807, 2.05) is 24.8 Å². The summed E-state index contributed by atoms with van der Waals surface area (Å²) >= 11 is 0. The van der Waals surface area contributed by atoms with Gasteiger partial charge in [0.2, 0.25) is 0 Å². The zero-order valence-corrected chi connectivity index (χ0v) is 15.4. The number of hydrogen-bond donors (Lipinski definition) is 0. The molecule has 27 heavy (non-hydrogen) atoms. The maximum atomic E-state index is 12.8. The van der Waals surface area contributed by atoms with E-state index in [1.54, 1.807) is 30.7 Å². The minimum Gasteiger partial charge on any atom is -0.356 e. The Kier molecular flexibility index (Phi) is 4.66. The number of aromatic nitrogens is 4. The van der Waals surface area contributed by atoms with Gasteiger partial charge in [0.1, 0.15) is 5.82 Å². The Balaban J connectivity index is 1.63. The average Bonchev–Trinajstić information content (AvgIpc) is 3.14. The van der Waals surface area contributed by atoms with Crippen LogP contribution >= 0.6 is 0 Å². The van der Waals surface area contributed by atoms with Crippen molar-refractivity contribution in [3.05, 3.63) is 59.6 Å². The van der Waals surface area contributed by atoms with E-state index in [2.05, 4.69) is 15.1 Å². The van der Waals surface area contributed by atoms with E-state index >= 15 is 0 Å². The van der Waals surface area contributed by atoms with Crippen molar-refractivity contribution in [1.82, 2.24) is 25.0 Å². The Hall–Kier alpha value is -3.09. The van der Waals surface area contributed by atoms with Crippen molar-refractivity contribution in [3.8, 4) is 11.3 Å². The standard InChI is InChI=1S/C20H21N5O2/c1-13-9-18(27-24-13)17-11-22-14(2)23-19(17)16-6-4-8-25(12-16)20(26)15-5-3-7-21-10-15/h3,5,7,9-11,16H,4,6,8,12H2,1-2H3/t16-/m0/s1. The van der Waals surface area contributed by atoms with Gasteiger partial charge in [-0.05, 0) is 38.8 Å². The molecular formula is C20H21N5O2. The minimum absolute atomic E-state index is 0.00985. The Labute approximate surface area is 157 Å². The van der Waals surface area contributed by atoms with E-state index < -0.39 is 0 Å². The molecular weight excluding hydrogens is 342 g/mol. The van der Waals surface area contributed by atoms with Crippen molar-refractivity contribution in [1.29, 1.82) is 0 Å². The van der Waals surface area contributed by atoms with Crippen LogP contribution in [0, 0.1) is 13.8 Å². The van der Waals surface area contributed by atoms with E-state index in [0.29, 0.717) is 23.7 Å². The van der Waals surface area contributed by atoms with Gasteiger partial charge in [0.25, 0.3) is 5.91 Å². The van der Waals surface area contributed by atoms with E-state index in [9.17, 15) is 4.79 Å². The lowest BCUT2D eigenvalue weighted by atomic mass is 9.91. The fourth-order valence-electron chi connectivity index (χ4n) is 3.54. The third-order valence-electron chi connectivity index (χ3n) is 4.84. The summed E-state index contributed by atoms with van der Waals surface area (Å²) in [4.78, 5) is 27.8. The largest absolute Gasteiger partial charge is 0.356 e. The highest BCUT2D eigenvalue weighted by molar-refractivity contribution is 5.94. The number of piperidine rings is 1. The molecule has 3 aromatic heterocycles. The average molecular weight is 363 g/mol. The molecule has 1 aliphatic heterocycles. The van der Waals surface area contributed by atoms with Crippen molar-refractivity contribution in [3.63, 3.8) is 0 Å². The molecule has 1 aliphatic rings. The van der Waals surface area contributed by atoms with Crippen LogP contribution in [0.1, 0.15) is 46.3 Å². The second kappa shape index (κ2) is 7.26. The highest BCUT2D eigenvalue weighted by Gasteiger charge is 2.29. The molecule has 0 N–H and O–H groups in total. The predicted octanol–water partition coefficient (Wildman–Crippen LogP) is 3.16. The summed E-state index contributed by atoms with van der Waals surface area (Å²) in [7, 11) is 0. The van der Waals surface area contributed by atoms with E-state index in [-0.39, 0.29) is 11.8 Å². The summed E-state index contributed by atoms with van der Waals surface area (Å²) in [5.41, 5.74) is 3.20. The third kappa shape index (κ3) is 3.58. The van der Waals surface area contributed by atoms with Crippen LogP contribution in [0.2, 0.25) is 0 Å². The van der Waals surface area contributed by atoms with Crippen molar-refractivity contribution in [2.45, 2.75) is 32.6 Å². The summed E-state index contributed by atoms with van der Waals surface area (Å²) < 4.78 is 5.45. The number of hydrogen-bond acceptors (Lipinski definition) is 6. The summed E-state index contributed by atoms with van der Waals surface area (Å²) in [6.07, 6.45) is 6.97. The van der Waals surface area contributed by atoms with Gasteiger partial charge in [-0.15, -0.1) is 0 Å². The Bertz CT molecular complexity index is 954. The maximum Gasteiger partial charge on any atom is 0.255 e. The topological polar surface area (TPSA) is 85.0 Å². The Morgan fingerprint density at radius 3 is 2.93 bits per heavy atom.